The molecule has 0 unspecified atom stereocenters. The summed E-state index contributed by atoms with van der Waals surface area (Å²) in [6, 6.07) is 7.55. The number of benzene rings is 1. The molecule has 0 bridgehead atoms. The van der Waals surface area contributed by atoms with E-state index in [2.05, 4.69) is 0 Å². The summed E-state index contributed by atoms with van der Waals surface area (Å²) < 4.78 is 33.9. The quantitative estimate of drug-likeness (QED) is 0.830. The second-order valence-corrected chi connectivity index (χ2v) is 6.54. The molecule has 2 heterocycles. The van der Waals surface area contributed by atoms with Gasteiger partial charge in [-0.1, -0.05) is 18.2 Å². The van der Waals surface area contributed by atoms with E-state index in [0.29, 0.717) is 31.2 Å². The van der Waals surface area contributed by atoms with Crippen molar-refractivity contribution < 1.29 is 13.2 Å². The lowest BCUT2D eigenvalue weighted by Gasteiger charge is -2.25. The first kappa shape index (κ1) is 12.7. The molecule has 1 saturated heterocycles. The lowest BCUT2D eigenvalue weighted by molar-refractivity contribution is 0.0730. The van der Waals surface area contributed by atoms with Crippen LogP contribution in [-0.2, 0) is 21.8 Å². The number of ether oxygens (including phenoxy) is 1. The Labute approximate surface area is 112 Å². The zero-order valence-electron chi connectivity index (χ0n) is 10.7. The molecule has 0 radical (unpaired) electrons. The van der Waals surface area contributed by atoms with Gasteiger partial charge in [-0.25, -0.2) is 8.42 Å². The van der Waals surface area contributed by atoms with Crippen molar-refractivity contribution in [3.05, 3.63) is 30.5 Å². The zero-order chi connectivity index (χ0) is 13.5. The van der Waals surface area contributed by atoms with E-state index < -0.39 is 10.0 Å². The normalized spacial score (nSPS) is 17.9. The molecule has 0 N–H and O–H groups in total. The highest BCUT2D eigenvalue weighted by atomic mass is 32.2. The highest BCUT2D eigenvalue weighted by molar-refractivity contribution is 7.89. The van der Waals surface area contributed by atoms with Gasteiger partial charge in [0.05, 0.1) is 13.2 Å². The van der Waals surface area contributed by atoms with Crippen LogP contribution >= 0.6 is 0 Å². The number of para-hydroxylation sites is 1. The van der Waals surface area contributed by atoms with Gasteiger partial charge in [0, 0.05) is 37.2 Å². The van der Waals surface area contributed by atoms with E-state index in [-0.39, 0.29) is 0 Å². The predicted octanol–water partition coefficient (Wildman–Crippen LogP) is 1.20. The van der Waals surface area contributed by atoms with E-state index in [0.717, 1.165) is 10.9 Å². The van der Waals surface area contributed by atoms with Crippen molar-refractivity contribution in [2.45, 2.75) is 4.90 Å². The molecule has 102 valence electrons. The first-order valence-corrected chi connectivity index (χ1v) is 7.66. The Hall–Kier alpha value is -1.37. The number of hydrogen-bond acceptors (Lipinski definition) is 3. The van der Waals surface area contributed by atoms with Crippen LogP contribution < -0.4 is 0 Å². The molecule has 1 aliphatic rings. The first-order valence-electron chi connectivity index (χ1n) is 6.22. The lowest BCUT2D eigenvalue weighted by atomic mass is 10.2. The zero-order valence-corrected chi connectivity index (χ0v) is 11.6. The van der Waals surface area contributed by atoms with Crippen LogP contribution in [0.25, 0.3) is 10.9 Å². The monoisotopic (exact) mass is 280 g/mol. The molecule has 0 amide bonds. The third-order valence-corrected chi connectivity index (χ3v) is 5.37. The number of rotatable bonds is 2. The van der Waals surface area contributed by atoms with E-state index in [1.165, 1.54) is 4.31 Å². The van der Waals surface area contributed by atoms with Gasteiger partial charge >= 0.3 is 0 Å². The summed E-state index contributed by atoms with van der Waals surface area (Å²) >= 11 is 0. The largest absolute Gasteiger partial charge is 0.379 e. The van der Waals surface area contributed by atoms with E-state index >= 15 is 0 Å². The van der Waals surface area contributed by atoms with Crippen molar-refractivity contribution in [3.63, 3.8) is 0 Å². The molecule has 0 aliphatic carbocycles. The molecule has 0 atom stereocenters. The average molecular weight is 280 g/mol. The van der Waals surface area contributed by atoms with Gasteiger partial charge in [0.15, 0.2) is 0 Å². The Kier molecular flexibility index (Phi) is 3.08. The molecular formula is C13H16N2O3S. The first-order chi connectivity index (χ1) is 9.10. The van der Waals surface area contributed by atoms with Crippen LogP contribution in [0.5, 0.6) is 0 Å². The molecule has 2 aromatic rings. The van der Waals surface area contributed by atoms with Crippen molar-refractivity contribution in [3.8, 4) is 0 Å². The highest BCUT2D eigenvalue weighted by Crippen LogP contribution is 2.27. The van der Waals surface area contributed by atoms with E-state index in [1.54, 1.807) is 6.20 Å². The van der Waals surface area contributed by atoms with Crippen LogP contribution in [0, 0.1) is 0 Å². The number of morpholine rings is 1. The molecule has 6 heteroatoms. The predicted molar refractivity (Wildman–Crippen MR) is 72.5 cm³/mol. The fourth-order valence-corrected chi connectivity index (χ4v) is 4.09. The summed E-state index contributed by atoms with van der Waals surface area (Å²) in [6.45, 7) is 1.77. The fourth-order valence-electron chi connectivity index (χ4n) is 2.44. The summed E-state index contributed by atoms with van der Waals surface area (Å²) in [5, 5.41) is 0.775. The number of hydrogen-bond donors (Lipinski definition) is 0. The number of aryl methyl sites for hydroxylation is 1. The van der Waals surface area contributed by atoms with Gasteiger partial charge in [-0.3, -0.25) is 0 Å². The van der Waals surface area contributed by atoms with Gasteiger partial charge in [0.1, 0.15) is 4.90 Å². The summed E-state index contributed by atoms with van der Waals surface area (Å²) in [7, 11) is -1.57. The Morgan fingerprint density at radius 3 is 2.58 bits per heavy atom. The average Bonchev–Trinajstić information content (AvgIpc) is 2.79. The highest BCUT2D eigenvalue weighted by Gasteiger charge is 2.29. The standard InChI is InChI=1S/C13H16N2O3S/c1-14-10-13(11-4-2-3-5-12(11)14)19(16,17)15-6-8-18-9-7-15/h2-5,10H,6-9H2,1H3. The van der Waals surface area contributed by atoms with Gasteiger partial charge in [-0.15, -0.1) is 0 Å². The van der Waals surface area contributed by atoms with Gasteiger partial charge in [0.25, 0.3) is 0 Å². The smallest absolute Gasteiger partial charge is 0.245 e. The third kappa shape index (κ3) is 2.05. The van der Waals surface area contributed by atoms with E-state index in [1.807, 2.05) is 35.9 Å². The summed E-state index contributed by atoms with van der Waals surface area (Å²) in [4.78, 5) is 0.382. The van der Waals surface area contributed by atoms with Crippen LogP contribution in [-0.4, -0.2) is 43.6 Å². The number of nitrogens with zero attached hydrogens (tertiary/aromatic N) is 2. The molecule has 1 aliphatic heterocycles. The van der Waals surface area contributed by atoms with Crippen LogP contribution in [0.4, 0.5) is 0 Å². The lowest BCUT2D eigenvalue weighted by Crippen LogP contribution is -2.40. The molecule has 19 heavy (non-hydrogen) atoms. The molecule has 1 aromatic heterocycles. The van der Waals surface area contributed by atoms with Gasteiger partial charge in [-0.05, 0) is 6.07 Å². The van der Waals surface area contributed by atoms with Crippen molar-refractivity contribution in [1.29, 1.82) is 0 Å². The molecule has 0 saturated carbocycles. The minimum absolute atomic E-state index is 0.382. The second kappa shape index (κ2) is 4.63. The third-order valence-electron chi connectivity index (χ3n) is 3.45. The number of sulfonamides is 1. The minimum Gasteiger partial charge on any atom is -0.379 e. The molecule has 0 spiro atoms. The molecule has 1 aromatic carbocycles. The number of fused-ring (bicyclic) bond motifs is 1. The summed E-state index contributed by atoms with van der Waals surface area (Å²) in [5.74, 6) is 0. The summed E-state index contributed by atoms with van der Waals surface area (Å²) in [6.07, 6.45) is 1.69. The van der Waals surface area contributed by atoms with Crippen LogP contribution in [0.3, 0.4) is 0 Å². The van der Waals surface area contributed by atoms with Crippen LogP contribution in [0.15, 0.2) is 35.4 Å². The fraction of sp³-hybridized carbons (Fsp3) is 0.385. The Balaban J connectivity index is 2.13. The van der Waals surface area contributed by atoms with Crippen molar-refractivity contribution in [1.82, 2.24) is 8.87 Å². The van der Waals surface area contributed by atoms with Gasteiger partial charge < -0.3 is 9.30 Å². The van der Waals surface area contributed by atoms with Crippen molar-refractivity contribution in [2.24, 2.45) is 7.05 Å². The van der Waals surface area contributed by atoms with E-state index in [9.17, 15) is 8.42 Å². The summed E-state index contributed by atoms with van der Waals surface area (Å²) in [5.41, 5.74) is 0.925. The van der Waals surface area contributed by atoms with Gasteiger partial charge in [-0.2, -0.15) is 4.31 Å². The van der Waals surface area contributed by atoms with Crippen LogP contribution in [0.2, 0.25) is 0 Å². The SMILES string of the molecule is Cn1cc(S(=O)(=O)N2CCOCC2)c2ccccc21. The molecule has 5 nitrogen and oxygen atoms in total. The Morgan fingerprint density at radius 2 is 1.84 bits per heavy atom. The maximum absolute atomic E-state index is 12.7. The second-order valence-electron chi connectivity index (χ2n) is 4.64. The van der Waals surface area contributed by atoms with Crippen molar-refractivity contribution >= 4 is 20.9 Å². The Morgan fingerprint density at radius 1 is 1.16 bits per heavy atom. The number of aromatic nitrogens is 1. The maximum Gasteiger partial charge on any atom is 0.245 e. The van der Waals surface area contributed by atoms with Crippen LogP contribution in [0.1, 0.15) is 0 Å². The maximum atomic E-state index is 12.7. The molecule has 1 fully saturated rings. The van der Waals surface area contributed by atoms with Gasteiger partial charge in [0.2, 0.25) is 10.0 Å². The molecular weight excluding hydrogens is 264 g/mol. The Bertz CT molecular complexity index is 700. The minimum atomic E-state index is -3.44. The topological polar surface area (TPSA) is 51.5 Å². The van der Waals surface area contributed by atoms with E-state index in [4.69, 9.17) is 4.74 Å². The molecule has 3 rings (SSSR count). The van der Waals surface area contributed by atoms with Crippen molar-refractivity contribution in [2.75, 3.05) is 26.3 Å².